The Balaban J connectivity index is 2.13. The highest BCUT2D eigenvalue weighted by molar-refractivity contribution is 5.80. The Labute approximate surface area is 110 Å². The van der Waals surface area contributed by atoms with Gasteiger partial charge >= 0.3 is 0 Å². The first-order chi connectivity index (χ1) is 9.31. The second-order valence-corrected chi connectivity index (χ2v) is 4.22. The Bertz CT molecular complexity index is 747. The van der Waals surface area contributed by atoms with Gasteiger partial charge in [0.15, 0.2) is 0 Å². The summed E-state index contributed by atoms with van der Waals surface area (Å²) in [7, 11) is 1.80. The third-order valence-corrected chi connectivity index (χ3v) is 3.07. The van der Waals surface area contributed by atoms with Crippen molar-refractivity contribution in [3.8, 4) is 17.5 Å². The van der Waals surface area contributed by atoms with E-state index in [0.717, 1.165) is 28.1 Å². The number of rotatable bonds is 2. The molecule has 3 rings (SSSR count). The van der Waals surface area contributed by atoms with E-state index in [1.807, 2.05) is 36.4 Å². The van der Waals surface area contributed by atoms with Crippen LogP contribution in [0.1, 0.15) is 5.56 Å². The van der Waals surface area contributed by atoms with Crippen LogP contribution in [-0.4, -0.2) is 17.0 Å². The summed E-state index contributed by atoms with van der Waals surface area (Å²) in [5.74, 6) is 0.808. The minimum atomic E-state index is 0.627. The van der Waals surface area contributed by atoms with E-state index in [1.165, 1.54) is 0 Å². The predicted octanol–water partition coefficient (Wildman–Crippen LogP) is 3.14. The van der Waals surface area contributed by atoms with E-state index in [2.05, 4.69) is 21.4 Å². The number of hydrogen-bond acceptors (Lipinski definition) is 3. The zero-order valence-electron chi connectivity index (χ0n) is 10.4. The molecule has 2 N–H and O–H groups in total. The van der Waals surface area contributed by atoms with Gasteiger partial charge in [0.1, 0.15) is 11.9 Å². The van der Waals surface area contributed by atoms with Crippen molar-refractivity contribution in [3.05, 3.63) is 48.0 Å². The largest absolute Gasteiger partial charge is 0.387 e. The lowest BCUT2D eigenvalue weighted by Crippen LogP contribution is -1.93. The van der Waals surface area contributed by atoms with E-state index in [9.17, 15) is 0 Å². The number of fused-ring (bicyclic) bond motifs is 1. The smallest absolute Gasteiger partial charge is 0.138 e. The normalized spacial score (nSPS) is 10.3. The van der Waals surface area contributed by atoms with Crippen LogP contribution in [0, 0.1) is 11.3 Å². The fraction of sp³-hybridized carbons (Fsp3) is 0.0667. The molecule has 0 atom stereocenters. The number of imidazole rings is 1. The van der Waals surface area contributed by atoms with Crippen molar-refractivity contribution in [1.29, 1.82) is 5.26 Å². The van der Waals surface area contributed by atoms with Crippen LogP contribution in [0.25, 0.3) is 22.4 Å². The van der Waals surface area contributed by atoms with Gasteiger partial charge in [-0.3, -0.25) is 0 Å². The summed E-state index contributed by atoms with van der Waals surface area (Å²) >= 11 is 0. The molecule has 0 saturated heterocycles. The second kappa shape index (κ2) is 4.46. The molecule has 4 nitrogen and oxygen atoms in total. The molecule has 0 saturated carbocycles. The maximum Gasteiger partial charge on any atom is 0.138 e. The number of para-hydroxylation sites is 2. The lowest BCUT2D eigenvalue weighted by Gasteiger charge is -2.04. The molecule has 19 heavy (non-hydrogen) atoms. The van der Waals surface area contributed by atoms with Crippen LogP contribution < -0.4 is 5.32 Å². The predicted molar refractivity (Wildman–Crippen MR) is 75.8 cm³/mol. The number of nitrogens with one attached hydrogen (secondary N) is 2. The van der Waals surface area contributed by atoms with Gasteiger partial charge in [-0.05, 0) is 30.3 Å². The third-order valence-electron chi connectivity index (χ3n) is 3.07. The molecule has 3 aromatic rings. The molecule has 0 fully saturated rings. The SMILES string of the molecule is CNc1cc(-c2nc3ccccc3[nH]2)ccc1C#N. The number of hydrogen-bond donors (Lipinski definition) is 2. The first-order valence-electron chi connectivity index (χ1n) is 5.99. The summed E-state index contributed by atoms with van der Waals surface area (Å²) in [6, 6.07) is 15.7. The standard InChI is InChI=1S/C15H12N4/c1-17-14-8-10(6-7-11(14)9-16)15-18-12-4-2-3-5-13(12)19-15/h2-8,17H,1H3,(H,18,19). The van der Waals surface area contributed by atoms with E-state index in [4.69, 9.17) is 5.26 Å². The molecule has 0 amide bonds. The lowest BCUT2D eigenvalue weighted by atomic mass is 10.1. The maximum absolute atomic E-state index is 9.01. The highest BCUT2D eigenvalue weighted by Crippen LogP contribution is 2.25. The number of benzene rings is 2. The minimum absolute atomic E-state index is 0.627. The molecule has 0 unspecified atom stereocenters. The Morgan fingerprint density at radius 3 is 2.79 bits per heavy atom. The van der Waals surface area contributed by atoms with E-state index in [-0.39, 0.29) is 0 Å². The van der Waals surface area contributed by atoms with Crippen LogP contribution >= 0.6 is 0 Å². The summed E-state index contributed by atoms with van der Waals surface area (Å²) in [5.41, 5.74) is 4.34. The van der Waals surface area contributed by atoms with Crippen molar-refractivity contribution in [2.45, 2.75) is 0 Å². The topological polar surface area (TPSA) is 64.5 Å². The van der Waals surface area contributed by atoms with E-state index in [0.29, 0.717) is 5.56 Å². The van der Waals surface area contributed by atoms with Crippen molar-refractivity contribution in [2.24, 2.45) is 0 Å². The summed E-state index contributed by atoms with van der Waals surface area (Å²) < 4.78 is 0. The van der Waals surface area contributed by atoms with Gasteiger partial charge < -0.3 is 10.3 Å². The molecule has 0 aliphatic carbocycles. The van der Waals surface area contributed by atoms with Gasteiger partial charge in [0, 0.05) is 12.6 Å². The number of nitriles is 1. The molecule has 1 heterocycles. The van der Waals surface area contributed by atoms with Gasteiger partial charge in [0.05, 0.1) is 22.3 Å². The van der Waals surface area contributed by atoms with Crippen molar-refractivity contribution >= 4 is 16.7 Å². The van der Waals surface area contributed by atoms with Crippen molar-refractivity contribution in [2.75, 3.05) is 12.4 Å². The summed E-state index contributed by atoms with van der Waals surface area (Å²) in [4.78, 5) is 7.83. The average molecular weight is 248 g/mol. The van der Waals surface area contributed by atoms with Crippen LogP contribution in [0.4, 0.5) is 5.69 Å². The quantitative estimate of drug-likeness (QED) is 0.732. The summed E-state index contributed by atoms with van der Waals surface area (Å²) in [5, 5.41) is 12.0. The first kappa shape index (κ1) is 11.3. The Kier molecular flexibility index (Phi) is 2.66. The fourth-order valence-corrected chi connectivity index (χ4v) is 2.09. The Morgan fingerprint density at radius 2 is 2.05 bits per heavy atom. The lowest BCUT2D eigenvalue weighted by molar-refractivity contribution is 1.33. The van der Waals surface area contributed by atoms with Gasteiger partial charge in [-0.2, -0.15) is 5.26 Å². The van der Waals surface area contributed by atoms with Gasteiger partial charge in [0.2, 0.25) is 0 Å². The van der Waals surface area contributed by atoms with Crippen LogP contribution in [0.5, 0.6) is 0 Å². The first-order valence-corrected chi connectivity index (χ1v) is 5.99. The van der Waals surface area contributed by atoms with Gasteiger partial charge in [-0.1, -0.05) is 12.1 Å². The van der Waals surface area contributed by atoms with Gasteiger partial charge in [-0.25, -0.2) is 4.98 Å². The molecule has 2 aromatic carbocycles. The highest BCUT2D eigenvalue weighted by atomic mass is 14.9. The molecule has 92 valence electrons. The molecule has 0 bridgehead atoms. The van der Waals surface area contributed by atoms with Crippen molar-refractivity contribution in [1.82, 2.24) is 9.97 Å². The average Bonchev–Trinajstić information content (AvgIpc) is 2.90. The summed E-state index contributed by atoms with van der Waals surface area (Å²) in [6.45, 7) is 0. The van der Waals surface area contributed by atoms with Gasteiger partial charge in [-0.15, -0.1) is 0 Å². The molecular weight excluding hydrogens is 236 g/mol. The number of nitrogens with zero attached hydrogens (tertiary/aromatic N) is 2. The molecule has 0 aliphatic heterocycles. The molecule has 0 radical (unpaired) electrons. The molecule has 4 heteroatoms. The van der Waals surface area contributed by atoms with Crippen LogP contribution in [0.2, 0.25) is 0 Å². The zero-order chi connectivity index (χ0) is 13.2. The van der Waals surface area contributed by atoms with Gasteiger partial charge in [0.25, 0.3) is 0 Å². The minimum Gasteiger partial charge on any atom is -0.387 e. The fourth-order valence-electron chi connectivity index (χ4n) is 2.09. The third kappa shape index (κ3) is 1.91. The Morgan fingerprint density at radius 1 is 1.21 bits per heavy atom. The number of aromatic nitrogens is 2. The Hall–Kier alpha value is -2.80. The monoisotopic (exact) mass is 248 g/mol. The maximum atomic E-state index is 9.01. The second-order valence-electron chi connectivity index (χ2n) is 4.22. The number of H-pyrrole nitrogens is 1. The highest BCUT2D eigenvalue weighted by Gasteiger charge is 2.07. The van der Waals surface area contributed by atoms with Crippen LogP contribution in [0.3, 0.4) is 0 Å². The molecule has 0 spiro atoms. The van der Waals surface area contributed by atoms with Crippen molar-refractivity contribution in [3.63, 3.8) is 0 Å². The van der Waals surface area contributed by atoms with E-state index < -0.39 is 0 Å². The summed E-state index contributed by atoms with van der Waals surface area (Å²) in [6.07, 6.45) is 0. The van der Waals surface area contributed by atoms with Crippen LogP contribution in [-0.2, 0) is 0 Å². The van der Waals surface area contributed by atoms with Crippen LogP contribution in [0.15, 0.2) is 42.5 Å². The number of anilines is 1. The number of aromatic amines is 1. The molecular formula is C15H12N4. The molecule has 0 aliphatic rings. The van der Waals surface area contributed by atoms with Crippen molar-refractivity contribution < 1.29 is 0 Å². The van der Waals surface area contributed by atoms with E-state index in [1.54, 1.807) is 13.1 Å². The van der Waals surface area contributed by atoms with E-state index >= 15 is 0 Å². The zero-order valence-corrected chi connectivity index (χ0v) is 10.4. The molecule has 1 aromatic heterocycles.